The molecule has 134 valence electrons. The Hall–Kier alpha value is -1.78. The molecular formula is C18H24N4O2S. The first-order chi connectivity index (χ1) is 12.1. The largest absolute Gasteiger partial charge is 0.376 e. The number of rotatable bonds is 9. The maximum absolute atomic E-state index is 12.8. The van der Waals surface area contributed by atoms with E-state index >= 15 is 0 Å². The lowest BCUT2D eigenvalue weighted by molar-refractivity contribution is -0.133. The first-order valence-electron chi connectivity index (χ1n) is 8.78. The standard InChI is InChI=1S/C18H24N4O2S/c1-3-4-8-18(20-21-18)9-7-17(23)22(11-15-6-5-10-24-15)12-16-19-14(2)13-25-16/h1,13,15H,4-12H2,2H3. The van der Waals surface area contributed by atoms with E-state index in [1.165, 1.54) is 0 Å². The number of nitrogens with zero attached hydrogens (tertiary/aromatic N) is 4. The Labute approximate surface area is 152 Å². The van der Waals surface area contributed by atoms with Crippen molar-refractivity contribution < 1.29 is 9.53 Å². The van der Waals surface area contributed by atoms with E-state index < -0.39 is 5.66 Å². The van der Waals surface area contributed by atoms with E-state index in [2.05, 4.69) is 21.1 Å². The highest BCUT2D eigenvalue weighted by atomic mass is 32.1. The van der Waals surface area contributed by atoms with Crippen molar-refractivity contribution in [2.24, 2.45) is 10.2 Å². The number of aryl methyl sites for hydroxylation is 1. The molecule has 1 aromatic heterocycles. The molecule has 7 heteroatoms. The van der Waals surface area contributed by atoms with Crippen LogP contribution >= 0.6 is 11.3 Å². The number of aromatic nitrogens is 1. The van der Waals surface area contributed by atoms with Gasteiger partial charge in [-0.3, -0.25) is 4.79 Å². The van der Waals surface area contributed by atoms with Crippen LogP contribution < -0.4 is 0 Å². The van der Waals surface area contributed by atoms with Crippen LogP contribution in [0.25, 0.3) is 0 Å². The minimum absolute atomic E-state index is 0.112. The second-order valence-electron chi connectivity index (χ2n) is 6.68. The van der Waals surface area contributed by atoms with Crippen LogP contribution in [0.5, 0.6) is 0 Å². The normalized spacial score (nSPS) is 20.4. The summed E-state index contributed by atoms with van der Waals surface area (Å²) in [4.78, 5) is 19.2. The molecule has 0 aliphatic carbocycles. The number of hydrogen-bond donors (Lipinski definition) is 0. The van der Waals surface area contributed by atoms with Crippen LogP contribution in [0.3, 0.4) is 0 Å². The molecule has 3 heterocycles. The van der Waals surface area contributed by atoms with E-state index in [0.29, 0.717) is 32.4 Å². The summed E-state index contributed by atoms with van der Waals surface area (Å²) in [5.74, 6) is 2.73. The van der Waals surface area contributed by atoms with Crippen LogP contribution in [0.15, 0.2) is 15.6 Å². The number of amides is 1. The summed E-state index contributed by atoms with van der Waals surface area (Å²) >= 11 is 1.60. The molecule has 0 saturated carbocycles. The molecule has 1 unspecified atom stereocenters. The van der Waals surface area contributed by atoms with Gasteiger partial charge in [0.05, 0.1) is 12.6 Å². The van der Waals surface area contributed by atoms with Gasteiger partial charge in [0.15, 0.2) is 5.66 Å². The maximum Gasteiger partial charge on any atom is 0.223 e. The fourth-order valence-electron chi connectivity index (χ4n) is 3.06. The summed E-state index contributed by atoms with van der Waals surface area (Å²) in [7, 11) is 0. The van der Waals surface area contributed by atoms with Crippen LogP contribution in [-0.4, -0.2) is 40.7 Å². The summed E-state index contributed by atoms with van der Waals surface area (Å²) in [6.07, 6.45) is 9.96. The van der Waals surface area contributed by atoms with Crippen molar-refractivity contribution in [3.05, 3.63) is 16.1 Å². The summed E-state index contributed by atoms with van der Waals surface area (Å²) in [5.41, 5.74) is 0.586. The molecule has 0 radical (unpaired) electrons. The first-order valence-corrected chi connectivity index (χ1v) is 9.66. The van der Waals surface area contributed by atoms with Gasteiger partial charge in [-0.05, 0) is 19.8 Å². The molecule has 1 aromatic rings. The fraction of sp³-hybridized carbons (Fsp3) is 0.667. The number of terminal acetylenes is 1. The summed E-state index contributed by atoms with van der Waals surface area (Å²) in [6.45, 7) is 3.93. The predicted molar refractivity (Wildman–Crippen MR) is 96.1 cm³/mol. The monoisotopic (exact) mass is 360 g/mol. The average Bonchev–Trinajstić information content (AvgIpc) is 2.97. The van der Waals surface area contributed by atoms with Crippen molar-refractivity contribution in [3.63, 3.8) is 0 Å². The lowest BCUT2D eigenvalue weighted by Crippen LogP contribution is -2.37. The van der Waals surface area contributed by atoms with Crippen LogP contribution in [0.4, 0.5) is 0 Å². The topological polar surface area (TPSA) is 67.2 Å². The lowest BCUT2D eigenvalue weighted by Gasteiger charge is -2.25. The van der Waals surface area contributed by atoms with Gasteiger partial charge in [-0.1, -0.05) is 0 Å². The molecule has 1 fully saturated rings. The van der Waals surface area contributed by atoms with E-state index in [-0.39, 0.29) is 12.0 Å². The Morgan fingerprint density at radius 3 is 2.96 bits per heavy atom. The molecule has 2 aliphatic rings. The summed E-state index contributed by atoms with van der Waals surface area (Å²) in [6, 6.07) is 0. The molecule has 25 heavy (non-hydrogen) atoms. The van der Waals surface area contributed by atoms with Crippen molar-refractivity contribution in [3.8, 4) is 12.3 Å². The Kier molecular flexibility index (Phi) is 5.82. The Balaban J connectivity index is 1.57. The highest BCUT2D eigenvalue weighted by molar-refractivity contribution is 7.09. The molecular weight excluding hydrogens is 336 g/mol. The minimum atomic E-state index is -0.407. The van der Waals surface area contributed by atoms with E-state index in [4.69, 9.17) is 11.2 Å². The van der Waals surface area contributed by atoms with E-state index in [1.54, 1.807) is 11.3 Å². The van der Waals surface area contributed by atoms with Crippen molar-refractivity contribution in [2.45, 2.75) is 63.8 Å². The van der Waals surface area contributed by atoms with Crippen LogP contribution in [-0.2, 0) is 16.1 Å². The number of carbonyl (C=O) groups is 1. The van der Waals surface area contributed by atoms with Gasteiger partial charge in [-0.15, -0.1) is 23.7 Å². The van der Waals surface area contributed by atoms with Gasteiger partial charge in [0.1, 0.15) is 5.01 Å². The Morgan fingerprint density at radius 1 is 1.52 bits per heavy atom. The molecule has 1 amide bonds. The molecule has 1 saturated heterocycles. The summed E-state index contributed by atoms with van der Waals surface area (Å²) < 4.78 is 5.72. The van der Waals surface area contributed by atoms with Crippen molar-refractivity contribution in [2.75, 3.05) is 13.2 Å². The highest BCUT2D eigenvalue weighted by Gasteiger charge is 2.39. The quantitative estimate of drug-likeness (QED) is 0.635. The van der Waals surface area contributed by atoms with Crippen LogP contribution in [0.2, 0.25) is 0 Å². The Bertz CT molecular complexity index is 667. The second-order valence-corrected chi connectivity index (χ2v) is 7.62. The first kappa shape index (κ1) is 18.0. The van der Waals surface area contributed by atoms with E-state index in [9.17, 15) is 4.79 Å². The zero-order chi connectivity index (χ0) is 17.7. The van der Waals surface area contributed by atoms with Gasteiger partial charge in [0.25, 0.3) is 0 Å². The predicted octanol–water partition coefficient (Wildman–Crippen LogP) is 3.31. The molecule has 0 aromatic carbocycles. The number of ether oxygens (including phenoxy) is 1. The zero-order valence-electron chi connectivity index (χ0n) is 14.6. The molecule has 1 atom stereocenters. The average molecular weight is 360 g/mol. The fourth-order valence-corrected chi connectivity index (χ4v) is 3.85. The number of carbonyl (C=O) groups excluding carboxylic acids is 1. The van der Waals surface area contributed by atoms with Gasteiger partial charge in [0, 0.05) is 49.9 Å². The molecule has 0 bridgehead atoms. The van der Waals surface area contributed by atoms with Crippen molar-refractivity contribution in [1.82, 2.24) is 9.88 Å². The smallest absolute Gasteiger partial charge is 0.223 e. The number of hydrogen-bond acceptors (Lipinski definition) is 6. The number of thiazole rings is 1. The maximum atomic E-state index is 12.8. The van der Waals surface area contributed by atoms with Gasteiger partial charge < -0.3 is 9.64 Å². The van der Waals surface area contributed by atoms with Gasteiger partial charge in [0.2, 0.25) is 5.91 Å². The third-order valence-corrected chi connectivity index (χ3v) is 5.54. The third kappa shape index (κ3) is 5.10. The van der Waals surface area contributed by atoms with Gasteiger partial charge >= 0.3 is 0 Å². The van der Waals surface area contributed by atoms with E-state index in [0.717, 1.165) is 36.6 Å². The van der Waals surface area contributed by atoms with E-state index in [1.807, 2.05) is 17.2 Å². The van der Waals surface area contributed by atoms with Gasteiger partial charge in [-0.2, -0.15) is 10.2 Å². The van der Waals surface area contributed by atoms with Crippen LogP contribution in [0.1, 0.15) is 49.2 Å². The second kappa shape index (κ2) is 8.07. The molecule has 0 N–H and O–H groups in total. The summed E-state index contributed by atoms with van der Waals surface area (Å²) in [5, 5.41) is 11.2. The molecule has 0 spiro atoms. The minimum Gasteiger partial charge on any atom is -0.376 e. The Morgan fingerprint density at radius 2 is 2.36 bits per heavy atom. The molecule has 3 rings (SSSR count). The highest BCUT2D eigenvalue weighted by Crippen LogP contribution is 2.37. The van der Waals surface area contributed by atoms with Crippen molar-refractivity contribution in [1.29, 1.82) is 0 Å². The zero-order valence-corrected chi connectivity index (χ0v) is 15.4. The third-order valence-electron chi connectivity index (χ3n) is 4.59. The lowest BCUT2D eigenvalue weighted by atomic mass is 10.0. The SMILES string of the molecule is C#CCCC1(CCC(=O)N(Cc2nc(C)cs2)CC2CCCO2)N=N1. The van der Waals surface area contributed by atoms with Crippen molar-refractivity contribution >= 4 is 17.2 Å². The molecule has 6 nitrogen and oxygen atoms in total. The van der Waals surface area contributed by atoms with Crippen LogP contribution in [0, 0.1) is 19.3 Å². The molecule has 2 aliphatic heterocycles. The van der Waals surface area contributed by atoms with Gasteiger partial charge in [-0.25, -0.2) is 4.98 Å².